The van der Waals surface area contributed by atoms with Crippen molar-refractivity contribution in [1.29, 1.82) is 0 Å². The summed E-state index contributed by atoms with van der Waals surface area (Å²) in [6, 6.07) is 6.29. The van der Waals surface area contributed by atoms with E-state index in [1.165, 1.54) is 21.3 Å². The van der Waals surface area contributed by atoms with Crippen LogP contribution in [-0.2, 0) is 0 Å². The maximum atomic E-state index is 10.2. The first-order chi connectivity index (χ1) is 11.2. The molecule has 0 bridgehead atoms. The normalized spacial score (nSPS) is 11.2. The van der Waals surface area contributed by atoms with E-state index in [-0.39, 0.29) is 23.5 Å². The lowest BCUT2D eigenvalue weighted by molar-refractivity contribution is 0.399. The fraction of sp³-hybridized carbons (Fsp3) is 0.125. The summed E-state index contributed by atoms with van der Waals surface area (Å²) in [5.41, 5.74) is 2.52. The second kappa shape index (κ2) is 5.78. The number of aryl methyl sites for hydroxylation is 1. The van der Waals surface area contributed by atoms with Gasteiger partial charge in [0.05, 0.1) is 20.3 Å². The van der Waals surface area contributed by atoms with Crippen molar-refractivity contribution in [1.82, 2.24) is 9.13 Å². The average molecular weight is 458 g/mol. The predicted molar refractivity (Wildman–Crippen MR) is 96.6 cm³/mol. The van der Waals surface area contributed by atoms with Crippen molar-refractivity contribution in [2.24, 2.45) is 0 Å². The lowest BCUT2D eigenvalue weighted by Gasteiger charge is -2.18. The highest BCUT2D eigenvalue weighted by molar-refractivity contribution is 9.10. The van der Waals surface area contributed by atoms with Crippen molar-refractivity contribution in [3.05, 3.63) is 44.3 Å². The highest BCUT2D eigenvalue weighted by Crippen LogP contribution is 2.41. The minimum absolute atomic E-state index is 0.134. The van der Waals surface area contributed by atoms with Crippen molar-refractivity contribution in [2.45, 2.75) is 13.8 Å². The third kappa shape index (κ3) is 2.37. The van der Waals surface area contributed by atoms with Gasteiger partial charge in [-0.1, -0.05) is 6.07 Å². The Morgan fingerprint density at radius 3 is 1.75 bits per heavy atom. The molecule has 0 saturated carbocycles. The van der Waals surface area contributed by atoms with Crippen LogP contribution in [0.1, 0.15) is 11.1 Å². The number of benzene rings is 1. The molecular formula is C16H14Br2N2O4. The van der Waals surface area contributed by atoms with Crippen LogP contribution in [0.5, 0.6) is 23.5 Å². The largest absolute Gasteiger partial charge is 0.494 e. The van der Waals surface area contributed by atoms with Gasteiger partial charge in [0.2, 0.25) is 11.8 Å². The first-order valence-electron chi connectivity index (χ1n) is 6.93. The molecular weight excluding hydrogens is 444 g/mol. The molecule has 0 radical (unpaired) electrons. The van der Waals surface area contributed by atoms with E-state index in [4.69, 9.17) is 0 Å². The summed E-state index contributed by atoms with van der Waals surface area (Å²) >= 11 is 6.35. The fourth-order valence-electron chi connectivity index (χ4n) is 2.78. The number of nitrogens with zero attached hydrogens (tertiary/aromatic N) is 2. The van der Waals surface area contributed by atoms with Gasteiger partial charge in [-0.15, -0.1) is 0 Å². The molecule has 0 spiro atoms. The Balaban J connectivity index is 2.34. The summed E-state index contributed by atoms with van der Waals surface area (Å²) in [6.07, 6.45) is 0. The molecule has 6 nitrogen and oxygen atoms in total. The van der Waals surface area contributed by atoms with Gasteiger partial charge in [0, 0.05) is 12.1 Å². The molecule has 2 aromatic heterocycles. The van der Waals surface area contributed by atoms with Gasteiger partial charge in [-0.2, -0.15) is 0 Å². The minimum atomic E-state index is -0.146. The number of hydrogen-bond acceptors (Lipinski definition) is 4. The van der Waals surface area contributed by atoms with E-state index >= 15 is 0 Å². The summed E-state index contributed by atoms with van der Waals surface area (Å²) in [4.78, 5) is 0. The molecule has 24 heavy (non-hydrogen) atoms. The summed E-state index contributed by atoms with van der Waals surface area (Å²) in [5, 5.41) is 40.7. The number of rotatable bonds is 2. The number of aromatic hydroxyl groups is 4. The molecule has 0 aliphatic heterocycles. The van der Waals surface area contributed by atoms with Crippen molar-refractivity contribution in [3.8, 4) is 34.9 Å². The molecule has 1 aromatic carbocycles. The fourth-order valence-corrected chi connectivity index (χ4v) is 3.55. The Bertz CT molecular complexity index is 960. The van der Waals surface area contributed by atoms with Gasteiger partial charge in [0.1, 0.15) is 0 Å². The Morgan fingerprint density at radius 2 is 1.29 bits per heavy atom. The lowest BCUT2D eigenvalue weighted by Crippen LogP contribution is -2.04. The molecule has 3 aromatic rings. The van der Waals surface area contributed by atoms with Gasteiger partial charge in [-0.05, 0) is 62.9 Å². The van der Waals surface area contributed by atoms with Gasteiger partial charge < -0.3 is 20.4 Å². The van der Waals surface area contributed by atoms with Crippen molar-refractivity contribution >= 4 is 31.9 Å². The van der Waals surface area contributed by atoms with Gasteiger partial charge in [-0.3, -0.25) is 4.57 Å². The molecule has 0 aliphatic rings. The van der Waals surface area contributed by atoms with Gasteiger partial charge in [0.25, 0.3) is 0 Å². The van der Waals surface area contributed by atoms with Gasteiger partial charge in [-0.25, -0.2) is 4.57 Å². The van der Waals surface area contributed by atoms with Crippen LogP contribution in [0, 0.1) is 13.8 Å². The van der Waals surface area contributed by atoms with Gasteiger partial charge >= 0.3 is 0 Å². The Kier molecular flexibility index (Phi) is 4.05. The zero-order valence-electron chi connectivity index (χ0n) is 12.7. The van der Waals surface area contributed by atoms with E-state index in [0.717, 1.165) is 5.56 Å². The second-order valence-electron chi connectivity index (χ2n) is 5.39. The topological polar surface area (TPSA) is 90.8 Å². The molecule has 0 amide bonds. The van der Waals surface area contributed by atoms with Crippen LogP contribution in [0.3, 0.4) is 0 Å². The summed E-state index contributed by atoms with van der Waals surface area (Å²) < 4.78 is 3.29. The van der Waals surface area contributed by atoms with Crippen LogP contribution in [0.25, 0.3) is 11.4 Å². The molecule has 0 unspecified atom stereocenters. The molecule has 0 fully saturated rings. The molecule has 2 heterocycles. The molecule has 0 saturated heterocycles. The van der Waals surface area contributed by atoms with E-state index < -0.39 is 0 Å². The molecule has 4 N–H and O–H groups in total. The standard InChI is InChI=1S/C16H14Br2N2O4/c1-7-3-4-11(19-12(21)5-9(17)15(19)23)8(2)14(7)20-13(22)6-10(18)16(20)24/h3-6,21-24H,1-2H3. The number of halogens is 2. The zero-order valence-corrected chi connectivity index (χ0v) is 15.9. The predicted octanol–water partition coefficient (Wildman–Crippen LogP) is 4.23. The smallest absolute Gasteiger partial charge is 0.213 e. The first kappa shape index (κ1) is 16.8. The van der Waals surface area contributed by atoms with Crippen LogP contribution in [0.15, 0.2) is 33.2 Å². The van der Waals surface area contributed by atoms with E-state index in [9.17, 15) is 20.4 Å². The maximum absolute atomic E-state index is 10.2. The Morgan fingerprint density at radius 1 is 0.792 bits per heavy atom. The van der Waals surface area contributed by atoms with Crippen molar-refractivity contribution in [3.63, 3.8) is 0 Å². The SMILES string of the molecule is Cc1ccc(-n2c(O)cc(Br)c2O)c(C)c1-n1c(O)cc(Br)c1O. The second-order valence-corrected chi connectivity index (χ2v) is 7.10. The van der Waals surface area contributed by atoms with Crippen molar-refractivity contribution < 1.29 is 20.4 Å². The molecule has 8 heteroatoms. The van der Waals surface area contributed by atoms with E-state index in [1.54, 1.807) is 19.1 Å². The first-order valence-corrected chi connectivity index (χ1v) is 8.52. The highest BCUT2D eigenvalue weighted by atomic mass is 79.9. The molecule has 0 aliphatic carbocycles. The van der Waals surface area contributed by atoms with Gasteiger partial charge in [0.15, 0.2) is 11.8 Å². The van der Waals surface area contributed by atoms with Crippen LogP contribution < -0.4 is 0 Å². The monoisotopic (exact) mass is 456 g/mol. The van der Waals surface area contributed by atoms with Crippen LogP contribution >= 0.6 is 31.9 Å². The average Bonchev–Trinajstić information content (AvgIpc) is 2.90. The van der Waals surface area contributed by atoms with Crippen molar-refractivity contribution in [2.75, 3.05) is 0 Å². The number of hydrogen-bond donors (Lipinski definition) is 4. The number of aromatic nitrogens is 2. The third-order valence-corrected chi connectivity index (χ3v) is 5.06. The van der Waals surface area contributed by atoms with Crippen LogP contribution in [-0.4, -0.2) is 29.6 Å². The lowest BCUT2D eigenvalue weighted by atomic mass is 10.1. The van der Waals surface area contributed by atoms with E-state index in [0.29, 0.717) is 25.9 Å². The third-order valence-electron chi connectivity index (χ3n) is 3.89. The molecule has 126 valence electrons. The minimum Gasteiger partial charge on any atom is -0.494 e. The Labute approximate surface area is 154 Å². The highest BCUT2D eigenvalue weighted by Gasteiger charge is 2.21. The summed E-state index contributed by atoms with van der Waals surface area (Å²) in [7, 11) is 0. The van der Waals surface area contributed by atoms with Crippen LogP contribution in [0.2, 0.25) is 0 Å². The Hall–Kier alpha value is -2.06. The van der Waals surface area contributed by atoms with E-state index in [2.05, 4.69) is 31.9 Å². The van der Waals surface area contributed by atoms with Crippen LogP contribution in [0.4, 0.5) is 0 Å². The summed E-state index contributed by atoms with van der Waals surface area (Å²) in [5.74, 6) is -0.560. The maximum Gasteiger partial charge on any atom is 0.213 e. The summed E-state index contributed by atoms with van der Waals surface area (Å²) in [6.45, 7) is 3.61. The molecule has 0 atom stereocenters. The molecule has 3 rings (SSSR count). The quantitative estimate of drug-likeness (QED) is 0.463. The van der Waals surface area contributed by atoms with E-state index in [1.807, 2.05) is 6.92 Å². The zero-order chi connectivity index (χ0) is 17.8.